The molecule has 0 radical (unpaired) electrons. The molecule has 0 spiro atoms. The summed E-state index contributed by atoms with van der Waals surface area (Å²) in [5.74, 6) is 1.06. The van der Waals surface area contributed by atoms with Gasteiger partial charge in [0.2, 0.25) is 0 Å². The van der Waals surface area contributed by atoms with Gasteiger partial charge in [-0.2, -0.15) is 13.6 Å². The lowest BCUT2D eigenvalue weighted by atomic mass is 9.85. The molecule has 0 atom stereocenters. The van der Waals surface area contributed by atoms with Gasteiger partial charge in [-0.1, -0.05) is 32.1 Å². The van der Waals surface area contributed by atoms with E-state index in [2.05, 4.69) is 5.38 Å². The van der Waals surface area contributed by atoms with Gasteiger partial charge in [-0.3, -0.25) is 0 Å². The summed E-state index contributed by atoms with van der Waals surface area (Å²) >= 11 is 1.63. The fourth-order valence-corrected chi connectivity index (χ4v) is 4.48. The molecule has 1 heterocycles. The highest BCUT2D eigenvalue weighted by Crippen LogP contribution is 2.34. The molecule has 2 N–H and O–H groups in total. The third-order valence-electron chi connectivity index (χ3n) is 4.07. The molecule has 21 heavy (non-hydrogen) atoms. The monoisotopic (exact) mass is 325 g/mol. The van der Waals surface area contributed by atoms with E-state index in [4.69, 9.17) is 9.32 Å². The van der Waals surface area contributed by atoms with Crippen LogP contribution >= 0.6 is 11.3 Å². The number of benzene rings is 1. The molecule has 0 unspecified atom stereocenters. The molecule has 0 bridgehead atoms. The lowest BCUT2D eigenvalue weighted by molar-refractivity contribution is 0.357. The zero-order valence-electron chi connectivity index (χ0n) is 11.7. The lowest BCUT2D eigenvalue weighted by Gasteiger charge is -2.21. The first-order valence-corrected chi connectivity index (χ1v) is 9.59. The average Bonchev–Trinajstić information content (AvgIpc) is 2.81. The summed E-state index contributed by atoms with van der Waals surface area (Å²) < 4.78 is 27.7. The zero-order valence-corrected chi connectivity index (χ0v) is 13.4. The first kappa shape index (κ1) is 14.8. The number of hydrogen-bond acceptors (Lipinski definition) is 4. The molecule has 3 rings (SSSR count). The lowest BCUT2D eigenvalue weighted by Crippen LogP contribution is -2.18. The van der Waals surface area contributed by atoms with Gasteiger partial charge in [0.05, 0.1) is 0 Å². The van der Waals surface area contributed by atoms with Gasteiger partial charge in [-0.25, -0.2) is 0 Å². The smallest absolute Gasteiger partial charge is 0.371 e. The van der Waals surface area contributed by atoms with Crippen molar-refractivity contribution < 1.29 is 12.6 Å². The summed E-state index contributed by atoms with van der Waals surface area (Å²) in [4.78, 5) is 0. The number of hydrogen-bond donors (Lipinski definition) is 1. The minimum Gasteiger partial charge on any atom is -0.371 e. The molecular weight excluding hydrogens is 306 g/mol. The molecule has 1 aliphatic rings. The Morgan fingerprint density at radius 1 is 1.24 bits per heavy atom. The predicted molar refractivity (Wildman–Crippen MR) is 85.8 cm³/mol. The van der Waals surface area contributed by atoms with Gasteiger partial charge >= 0.3 is 10.3 Å². The maximum absolute atomic E-state index is 11.0. The first-order valence-electron chi connectivity index (χ1n) is 7.23. The van der Waals surface area contributed by atoms with E-state index in [0.29, 0.717) is 0 Å². The topological polar surface area (TPSA) is 69.4 Å². The second-order valence-corrected chi connectivity index (χ2v) is 7.77. The fraction of sp³-hybridized carbons (Fsp3) is 0.467. The van der Waals surface area contributed by atoms with Gasteiger partial charge in [-0.15, -0.1) is 11.3 Å². The summed E-state index contributed by atoms with van der Waals surface area (Å²) in [7, 11) is -3.96. The molecular formula is C15H19NO3S2. The summed E-state index contributed by atoms with van der Waals surface area (Å²) in [5, 5.41) is 8.28. The Morgan fingerprint density at radius 3 is 2.71 bits per heavy atom. The molecule has 2 aromatic rings. The standard InChI is InChI=1S/C15H19NO3S2/c16-21(17,18)19-13-6-7-14-12(10-20-15(14)9-13)8-11-4-2-1-3-5-11/h6-7,9-11H,1-5,8H2,(H2,16,17,18). The Bertz CT molecular complexity index is 730. The van der Waals surface area contributed by atoms with Crippen LogP contribution < -0.4 is 9.32 Å². The molecule has 0 aliphatic heterocycles. The van der Waals surface area contributed by atoms with Crippen molar-refractivity contribution in [3.05, 3.63) is 29.1 Å². The van der Waals surface area contributed by atoms with Crippen molar-refractivity contribution >= 4 is 31.7 Å². The summed E-state index contributed by atoms with van der Waals surface area (Å²) in [6, 6.07) is 5.35. The highest BCUT2D eigenvalue weighted by Gasteiger charge is 2.16. The third kappa shape index (κ3) is 3.75. The van der Waals surface area contributed by atoms with Gasteiger partial charge in [0.25, 0.3) is 0 Å². The number of fused-ring (bicyclic) bond motifs is 1. The minimum atomic E-state index is -3.96. The molecule has 0 saturated heterocycles. The van der Waals surface area contributed by atoms with Crippen molar-refractivity contribution in [1.82, 2.24) is 0 Å². The van der Waals surface area contributed by atoms with E-state index >= 15 is 0 Å². The number of thiophene rings is 1. The molecule has 4 nitrogen and oxygen atoms in total. The van der Waals surface area contributed by atoms with E-state index in [1.54, 1.807) is 23.5 Å². The van der Waals surface area contributed by atoms with E-state index < -0.39 is 10.3 Å². The van der Waals surface area contributed by atoms with Crippen molar-refractivity contribution in [3.63, 3.8) is 0 Å². The van der Waals surface area contributed by atoms with Crippen LogP contribution in [0.2, 0.25) is 0 Å². The Kier molecular flexibility index (Phi) is 4.19. The summed E-state index contributed by atoms with van der Waals surface area (Å²) in [6.45, 7) is 0. The second-order valence-electron chi connectivity index (χ2n) is 5.70. The highest BCUT2D eigenvalue weighted by atomic mass is 32.2. The Labute approximate surface area is 129 Å². The van der Waals surface area contributed by atoms with Crippen LogP contribution in [-0.4, -0.2) is 8.42 Å². The number of rotatable bonds is 4. The quantitative estimate of drug-likeness (QED) is 0.933. The van der Waals surface area contributed by atoms with E-state index in [-0.39, 0.29) is 5.75 Å². The summed E-state index contributed by atoms with van der Waals surface area (Å²) in [5.41, 5.74) is 1.36. The molecule has 1 aromatic carbocycles. The van der Waals surface area contributed by atoms with E-state index in [0.717, 1.165) is 17.0 Å². The molecule has 1 fully saturated rings. The van der Waals surface area contributed by atoms with Crippen LogP contribution in [0, 0.1) is 5.92 Å². The SMILES string of the molecule is NS(=O)(=O)Oc1ccc2c(CC3CCCCC3)csc2c1. The molecule has 0 amide bonds. The van der Waals surface area contributed by atoms with Crippen LogP contribution in [0.25, 0.3) is 10.1 Å². The van der Waals surface area contributed by atoms with Gasteiger partial charge in [0, 0.05) is 4.70 Å². The molecule has 1 aromatic heterocycles. The van der Waals surface area contributed by atoms with Gasteiger partial charge in [0.1, 0.15) is 5.75 Å². The Morgan fingerprint density at radius 2 is 2.00 bits per heavy atom. The average molecular weight is 325 g/mol. The van der Waals surface area contributed by atoms with E-state index in [9.17, 15) is 8.42 Å². The Hall–Kier alpha value is -1.11. The Balaban J connectivity index is 1.82. The van der Waals surface area contributed by atoms with Crippen LogP contribution in [0.4, 0.5) is 0 Å². The zero-order chi connectivity index (χ0) is 14.9. The maximum Gasteiger partial charge on any atom is 0.380 e. The number of nitrogens with two attached hydrogens (primary N) is 1. The predicted octanol–water partition coefficient (Wildman–Crippen LogP) is 3.61. The molecule has 114 valence electrons. The molecule has 1 saturated carbocycles. The van der Waals surface area contributed by atoms with Crippen LogP contribution in [-0.2, 0) is 16.7 Å². The van der Waals surface area contributed by atoms with Crippen LogP contribution in [0.3, 0.4) is 0 Å². The van der Waals surface area contributed by atoms with Crippen LogP contribution in [0.1, 0.15) is 37.7 Å². The van der Waals surface area contributed by atoms with Crippen molar-refractivity contribution in [2.45, 2.75) is 38.5 Å². The summed E-state index contributed by atoms with van der Waals surface area (Å²) in [6.07, 6.45) is 7.83. The fourth-order valence-electron chi connectivity index (χ4n) is 3.11. The van der Waals surface area contributed by atoms with Gasteiger partial charge < -0.3 is 4.18 Å². The third-order valence-corrected chi connectivity index (χ3v) is 5.49. The van der Waals surface area contributed by atoms with E-state index in [1.807, 2.05) is 6.07 Å². The minimum absolute atomic E-state index is 0.274. The van der Waals surface area contributed by atoms with Crippen LogP contribution in [0.15, 0.2) is 23.6 Å². The van der Waals surface area contributed by atoms with E-state index in [1.165, 1.54) is 43.1 Å². The van der Waals surface area contributed by atoms with Gasteiger partial charge in [0.15, 0.2) is 0 Å². The van der Waals surface area contributed by atoms with Crippen molar-refractivity contribution in [2.75, 3.05) is 0 Å². The second kappa shape index (κ2) is 5.94. The molecule has 1 aliphatic carbocycles. The van der Waals surface area contributed by atoms with Gasteiger partial charge in [-0.05, 0) is 46.9 Å². The molecule has 6 heteroatoms. The normalized spacial score (nSPS) is 17.2. The highest BCUT2D eigenvalue weighted by molar-refractivity contribution is 7.84. The largest absolute Gasteiger partial charge is 0.380 e. The van der Waals surface area contributed by atoms with Crippen molar-refractivity contribution in [3.8, 4) is 5.75 Å². The van der Waals surface area contributed by atoms with Crippen molar-refractivity contribution in [1.29, 1.82) is 0 Å². The van der Waals surface area contributed by atoms with Crippen LogP contribution in [0.5, 0.6) is 5.75 Å². The van der Waals surface area contributed by atoms with Crippen molar-refractivity contribution in [2.24, 2.45) is 11.1 Å². The maximum atomic E-state index is 11.0. The first-order chi connectivity index (χ1) is 10.0.